The summed E-state index contributed by atoms with van der Waals surface area (Å²) < 4.78 is 0.888. The Balaban J connectivity index is 1.47. The number of nitrogens with zero attached hydrogens (tertiary/aromatic N) is 3. The lowest BCUT2D eigenvalue weighted by Gasteiger charge is -2.35. The minimum Gasteiger partial charge on any atom is -0.369 e. The van der Waals surface area contributed by atoms with Crippen LogP contribution in [0.1, 0.15) is 0 Å². The molecule has 0 saturated carbocycles. The van der Waals surface area contributed by atoms with Gasteiger partial charge in [-0.15, -0.1) is 0 Å². The van der Waals surface area contributed by atoms with Crippen molar-refractivity contribution < 1.29 is 4.79 Å². The van der Waals surface area contributed by atoms with Gasteiger partial charge in [0.1, 0.15) is 5.82 Å². The van der Waals surface area contributed by atoms with E-state index in [1.165, 1.54) is 5.69 Å². The van der Waals surface area contributed by atoms with Crippen LogP contribution in [-0.4, -0.2) is 48.5 Å². The number of piperazine rings is 1. The van der Waals surface area contributed by atoms with Crippen molar-refractivity contribution in [3.8, 4) is 0 Å². The van der Waals surface area contributed by atoms with E-state index in [4.69, 9.17) is 11.6 Å². The van der Waals surface area contributed by atoms with Crippen LogP contribution in [-0.2, 0) is 4.79 Å². The van der Waals surface area contributed by atoms with Gasteiger partial charge in [0.2, 0.25) is 5.91 Å². The Morgan fingerprint density at radius 1 is 1.12 bits per heavy atom. The number of halogens is 2. The van der Waals surface area contributed by atoms with Gasteiger partial charge in [-0.1, -0.05) is 11.6 Å². The molecule has 1 amide bonds. The van der Waals surface area contributed by atoms with Crippen LogP contribution < -0.4 is 10.2 Å². The van der Waals surface area contributed by atoms with Gasteiger partial charge >= 0.3 is 0 Å². The molecule has 1 fully saturated rings. The first-order chi connectivity index (χ1) is 11.6. The number of anilines is 2. The van der Waals surface area contributed by atoms with Gasteiger partial charge in [0.05, 0.1) is 6.54 Å². The third kappa shape index (κ3) is 4.69. The molecule has 3 rings (SSSR count). The van der Waals surface area contributed by atoms with Crippen LogP contribution in [0.5, 0.6) is 0 Å². The zero-order valence-corrected chi connectivity index (χ0v) is 15.4. The summed E-state index contributed by atoms with van der Waals surface area (Å²) >= 11 is 9.25. The number of hydrogen-bond donors (Lipinski definition) is 1. The second-order valence-electron chi connectivity index (χ2n) is 5.65. The molecule has 7 heteroatoms. The van der Waals surface area contributed by atoms with Crippen molar-refractivity contribution >= 4 is 44.9 Å². The number of carbonyl (C=O) groups is 1. The maximum absolute atomic E-state index is 12.1. The van der Waals surface area contributed by atoms with Crippen molar-refractivity contribution in [3.05, 3.63) is 52.1 Å². The van der Waals surface area contributed by atoms with E-state index in [1.54, 1.807) is 12.3 Å². The fourth-order valence-corrected chi connectivity index (χ4v) is 3.01. The van der Waals surface area contributed by atoms with Crippen molar-refractivity contribution in [2.24, 2.45) is 0 Å². The number of pyridine rings is 1. The molecule has 126 valence electrons. The monoisotopic (exact) mass is 408 g/mol. The average Bonchev–Trinajstić information content (AvgIpc) is 2.58. The Morgan fingerprint density at radius 2 is 1.83 bits per heavy atom. The van der Waals surface area contributed by atoms with Gasteiger partial charge in [0.15, 0.2) is 0 Å². The Morgan fingerprint density at radius 3 is 2.46 bits per heavy atom. The minimum atomic E-state index is -0.0373. The molecule has 1 aromatic carbocycles. The van der Waals surface area contributed by atoms with Crippen LogP contribution in [0.3, 0.4) is 0 Å². The Hall–Kier alpha value is -1.63. The molecule has 0 bridgehead atoms. The standard InChI is InChI=1S/C17H18BrClN4O/c18-13-1-6-16(20-11-13)21-17(24)12-22-7-9-23(10-8-22)15-4-2-14(19)3-5-15/h1-6,11H,7-10,12H2,(H,20,21,24). The molecule has 0 radical (unpaired) electrons. The number of carbonyl (C=O) groups excluding carboxylic acids is 1. The second-order valence-corrected chi connectivity index (χ2v) is 7.00. The van der Waals surface area contributed by atoms with E-state index in [9.17, 15) is 4.79 Å². The lowest BCUT2D eigenvalue weighted by Crippen LogP contribution is -2.48. The summed E-state index contributed by atoms with van der Waals surface area (Å²) in [7, 11) is 0. The summed E-state index contributed by atoms with van der Waals surface area (Å²) in [6.45, 7) is 3.87. The van der Waals surface area contributed by atoms with Crippen LogP contribution in [0.25, 0.3) is 0 Å². The van der Waals surface area contributed by atoms with Crippen molar-refractivity contribution in [1.29, 1.82) is 0 Å². The quantitative estimate of drug-likeness (QED) is 0.842. The number of nitrogens with one attached hydrogen (secondary N) is 1. The predicted molar refractivity (Wildman–Crippen MR) is 101 cm³/mol. The molecule has 0 atom stereocenters. The number of amides is 1. The fourth-order valence-electron chi connectivity index (χ4n) is 2.65. The summed E-state index contributed by atoms with van der Waals surface area (Å²) in [5, 5.41) is 3.57. The molecular formula is C17H18BrClN4O. The summed E-state index contributed by atoms with van der Waals surface area (Å²) in [6, 6.07) is 11.5. The smallest absolute Gasteiger partial charge is 0.239 e. The van der Waals surface area contributed by atoms with Gasteiger partial charge in [0, 0.05) is 47.6 Å². The van der Waals surface area contributed by atoms with Crippen molar-refractivity contribution in [2.75, 3.05) is 42.9 Å². The number of aromatic nitrogens is 1. The highest BCUT2D eigenvalue weighted by Crippen LogP contribution is 2.19. The summed E-state index contributed by atoms with van der Waals surface area (Å²) in [5.74, 6) is 0.535. The lowest BCUT2D eigenvalue weighted by molar-refractivity contribution is -0.117. The van der Waals surface area contributed by atoms with E-state index < -0.39 is 0 Å². The number of hydrogen-bond acceptors (Lipinski definition) is 4. The van der Waals surface area contributed by atoms with Crippen LogP contribution in [0.15, 0.2) is 47.1 Å². The van der Waals surface area contributed by atoms with Gasteiger partial charge in [-0.25, -0.2) is 4.98 Å². The minimum absolute atomic E-state index is 0.0373. The summed E-state index contributed by atoms with van der Waals surface area (Å²) in [6.07, 6.45) is 1.67. The highest BCUT2D eigenvalue weighted by Gasteiger charge is 2.19. The molecule has 1 aliphatic heterocycles. The first kappa shape index (κ1) is 17.2. The Kier molecular flexibility index (Phi) is 5.71. The summed E-state index contributed by atoms with van der Waals surface area (Å²) in [4.78, 5) is 20.7. The molecule has 1 aliphatic rings. The highest BCUT2D eigenvalue weighted by molar-refractivity contribution is 9.10. The largest absolute Gasteiger partial charge is 0.369 e. The molecule has 2 heterocycles. The number of rotatable bonds is 4. The van der Waals surface area contributed by atoms with E-state index >= 15 is 0 Å². The van der Waals surface area contributed by atoms with E-state index in [0.29, 0.717) is 12.4 Å². The maximum Gasteiger partial charge on any atom is 0.239 e. The zero-order valence-electron chi connectivity index (χ0n) is 13.1. The third-order valence-electron chi connectivity index (χ3n) is 3.93. The van der Waals surface area contributed by atoms with Crippen LogP contribution >= 0.6 is 27.5 Å². The molecule has 1 saturated heterocycles. The molecule has 0 spiro atoms. The first-order valence-corrected chi connectivity index (χ1v) is 8.91. The van der Waals surface area contributed by atoms with Gasteiger partial charge < -0.3 is 10.2 Å². The van der Waals surface area contributed by atoms with Gasteiger partial charge in [-0.3, -0.25) is 9.69 Å². The molecule has 0 aliphatic carbocycles. The van der Waals surface area contributed by atoms with E-state index in [2.05, 4.69) is 36.0 Å². The molecule has 5 nitrogen and oxygen atoms in total. The molecular weight excluding hydrogens is 392 g/mol. The number of benzene rings is 1. The van der Waals surface area contributed by atoms with Crippen molar-refractivity contribution in [2.45, 2.75) is 0 Å². The van der Waals surface area contributed by atoms with E-state index in [1.807, 2.05) is 30.3 Å². The second kappa shape index (κ2) is 7.96. The van der Waals surface area contributed by atoms with Crippen LogP contribution in [0.2, 0.25) is 5.02 Å². The van der Waals surface area contributed by atoms with Crippen LogP contribution in [0.4, 0.5) is 11.5 Å². The lowest BCUT2D eigenvalue weighted by atomic mass is 10.2. The predicted octanol–water partition coefficient (Wildman–Crippen LogP) is 3.26. The Bertz CT molecular complexity index is 685. The Labute approximate surface area is 154 Å². The van der Waals surface area contributed by atoms with Crippen LogP contribution in [0, 0.1) is 0 Å². The highest BCUT2D eigenvalue weighted by atomic mass is 79.9. The topological polar surface area (TPSA) is 48.5 Å². The third-order valence-corrected chi connectivity index (χ3v) is 4.65. The van der Waals surface area contributed by atoms with Gasteiger partial charge in [-0.05, 0) is 52.3 Å². The molecule has 1 aromatic heterocycles. The average molecular weight is 410 g/mol. The van der Waals surface area contributed by atoms with E-state index in [0.717, 1.165) is 35.7 Å². The molecule has 2 aromatic rings. The van der Waals surface area contributed by atoms with Crippen molar-refractivity contribution in [1.82, 2.24) is 9.88 Å². The van der Waals surface area contributed by atoms with E-state index in [-0.39, 0.29) is 5.91 Å². The first-order valence-electron chi connectivity index (χ1n) is 7.74. The van der Waals surface area contributed by atoms with Gasteiger partial charge in [-0.2, -0.15) is 0 Å². The fraction of sp³-hybridized carbons (Fsp3) is 0.294. The van der Waals surface area contributed by atoms with Gasteiger partial charge in [0.25, 0.3) is 0 Å². The SMILES string of the molecule is O=C(CN1CCN(c2ccc(Cl)cc2)CC1)Nc1ccc(Br)cn1. The van der Waals surface area contributed by atoms with Crippen molar-refractivity contribution in [3.63, 3.8) is 0 Å². The summed E-state index contributed by atoms with van der Waals surface area (Å²) in [5.41, 5.74) is 1.17. The molecule has 0 unspecified atom stereocenters. The normalized spacial score (nSPS) is 15.3. The maximum atomic E-state index is 12.1. The zero-order chi connectivity index (χ0) is 16.9. The molecule has 1 N–H and O–H groups in total. The molecule has 24 heavy (non-hydrogen) atoms.